The van der Waals surface area contributed by atoms with Crippen LogP contribution in [0.5, 0.6) is 0 Å². The quantitative estimate of drug-likeness (QED) is 0.726. The molecule has 1 saturated heterocycles. The molecule has 1 aliphatic rings. The van der Waals surface area contributed by atoms with E-state index in [2.05, 4.69) is 38.3 Å². The highest BCUT2D eigenvalue weighted by Gasteiger charge is 2.40. The Bertz CT molecular complexity index is 491. The Kier molecular flexibility index (Phi) is 3.78. The van der Waals surface area contributed by atoms with Gasteiger partial charge in [-0.15, -0.1) is 0 Å². The SMILES string of the molecule is CC1(C)CCC(NC(=O)c2ccc(N)cc2)C(C)(C)N1. The van der Waals surface area contributed by atoms with E-state index in [-0.39, 0.29) is 23.0 Å². The molecule has 1 heterocycles. The van der Waals surface area contributed by atoms with Gasteiger partial charge in [-0.1, -0.05) is 0 Å². The number of hydrogen-bond acceptors (Lipinski definition) is 3. The molecule has 4 heteroatoms. The number of hydrogen-bond donors (Lipinski definition) is 3. The van der Waals surface area contributed by atoms with Crippen molar-refractivity contribution in [3.05, 3.63) is 29.8 Å². The molecule has 2 rings (SSSR count). The van der Waals surface area contributed by atoms with Crippen molar-refractivity contribution in [3.63, 3.8) is 0 Å². The molecule has 1 unspecified atom stereocenters. The van der Waals surface area contributed by atoms with Crippen LogP contribution in [0.2, 0.25) is 0 Å². The predicted molar refractivity (Wildman–Crippen MR) is 82.6 cm³/mol. The maximum absolute atomic E-state index is 12.3. The van der Waals surface area contributed by atoms with Crippen LogP contribution < -0.4 is 16.4 Å². The third-order valence-electron chi connectivity index (χ3n) is 4.07. The summed E-state index contributed by atoms with van der Waals surface area (Å²) in [7, 11) is 0. The second kappa shape index (κ2) is 5.09. The van der Waals surface area contributed by atoms with Crippen LogP contribution in [0.1, 0.15) is 50.9 Å². The lowest BCUT2D eigenvalue weighted by Crippen LogP contribution is -2.66. The molecule has 1 aliphatic heterocycles. The van der Waals surface area contributed by atoms with Crippen molar-refractivity contribution in [1.82, 2.24) is 10.6 Å². The first kappa shape index (κ1) is 14.9. The molecule has 0 spiro atoms. The lowest BCUT2D eigenvalue weighted by atomic mass is 9.79. The van der Waals surface area contributed by atoms with Crippen LogP contribution in [0.3, 0.4) is 0 Å². The predicted octanol–water partition coefficient (Wildman–Crippen LogP) is 2.31. The lowest BCUT2D eigenvalue weighted by Gasteiger charge is -2.48. The molecular weight excluding hydrogens is 250 g/mol. The van der Waals surface area contributed by atoms with Gasteiger partial charge in [-0.2, -0.15) is 0 Å². The van der Waals surface area contributed by atoms with Crippen LogP contribution in [0.15, 0.2) is 24.3 Å². The smallest absolute Gasteiger partial charge is 0.251 e. The molecule has 0 bridgehead atoms. The van der Waals surface area contributed by atoms with Crippen molar-refractivity contribution in [2.75, 3.05) is 5.73 Å². The Hall–Kier alpha value is -1.55. The molecular formula is C16H25N3O. The third-order valence-corrected chi connectivity index (χ3v) is 4.07. The normalized spacial score (nSPS) is 24.1. The number of carbonyl (C=O) groups is 1. The topological polar surface area (TPSA) is 67.2 Å². The first-order valence-corrected chi connectivity index (χ1v) is 7.15. The minimum atomic E-state index is -0.120. The summed E-state index contributed by atoms with van der Waals surface area (Å²) in [5, 5.41) is 6.75. The number of anilines is 1. The number of piperidine rings is 1. The zero-order chi connectivity index (χ0) is 15.0. The Morgan fingerprint density at radius 3 is 2.40 bits per heavy atom. The Morgan fingerprint density at radius 2 is 1.85 bits per heavy atom. The molecule has 1 aromatic rings. The van der Waals surface area contributed by atoms with Gasteiger partial charge in [-0.25, -0.2) is 0 Å². The van der Waals surface area contributed by atoms with Crippen molar-refractivity contribution in [2.45, 2.75) is 57.7 Å². The zero-order valence-corrected chi connectivity index (χ0v) is 12.8. The number of amides is 1. The molecule has 0 radical (unpaired) electrons. The summed E-state index contributed by atoms with van der Waals surface area (Å²) in [4.78, 5) is 12.3. The Morgan fingerprint density at radius 1 is 1.25 bits per heavy atom. The molecule has 20 heavy (non-hydrogen) atoms. The molecule has 0 aromatic heterocycles. The number of rotatable bonds is 2. The number of carbonyl (C=O) groups excluding carboxylic acids is 1. The maximum atomic E-state index is 12.3. The highest BCUT2D eigenvalue weighted by molar-refractivity contribution is 5.94. The van der Waals surface area contributed by atoms with Crippen LogP contribution in [0, 0.1) is 0 Å². The summed E-state index contributed by atoms with van der Waals surface area (Å²) in [6, 6.07) is 7.15. The highest BCUT2D eigenvalue weighted by atomic mass is 16.1. The summed E-state index contributed by atoms with van der Waals surface area (Å²) >= 11 is 0. The van der Waals surface area contributed by atoms with Gasteiger partial charge in [0, 0.05) is 28.4 Å². The van der Waals surface area contributed by atoms with E-state index in [0.29, 0.717) is 11.3 Å². The highest BCUT2D eigenvalue weighted by Crippen LogP contribution is 2.28. The van der Waals surface area contributed by atoms with Crippen molar-refractivity contribution in [2.24, 2.45) is 0 Å². The van der Waals surface area contributed by atoms with Crippen LogP contribution in [0.25, 0.3) is 0 Å². The monoisotopic (exact) mass is 275 g/mol. The third kappa shape index (κ3) is 3.31. The summed E-state index contributed by atoms with van der Waals surface area (Å²) in [5.41, 5.74) is 6.96. The van der Waals surface area contributed by atoms with Gasteiger partial charge < -0.3 is 16.4 Å². The van der Waals surface area contributed by atoms with Gasteiger partial charge in [0.15, 0.2) is 0 Å². The zero-order valence-electron chi connectivity index (χ0n) is 12.8. The molecule has 110 valence electrons. The number of benzene rings is 1. The minimum Gasteiger partial charge on any atom is -0.399 e. The van der Waals surface area contributed by atoms with Crippen LogP contribution in [-0.4, -0.2) is 23.0 Å². The lowest BCUT2D eigenvalue weighted by molar-refractivity contribution is 0.0832. The van der Waals surface area contributed by atoms with Gasteiger partial charge in [0.25, 0.3) is 5.91 Å². The van der Waals surface area contributed by atoms with Crippen molar-refractivity contribution in [3.8, 4) is 0 Å². The second-order valence-corrected chi connectivity index (χ2v) is 6.92. The van der Waals surface area contributed by atoms with E-state index < -0.39 is 0 Å². The largest absolute Gasteiger partial charge is 0.399 e. The summed E-state index contributed by atoms with van der Waals surface area (Å²) < 4.78 is 0. The van der Waals surface area contributed by atoms with E-state index in [1.54, 1.807) is 24.3 Å². The van der Waals surface area contributed by atoms with Gasteiger partial charge >= 0.3 is 0 Å². The van der Waals surface area contributed by atoms with Crippen LogP contribution in [0.4, 0.5) is 5.69 Å². The van der Waals surface area contributed by atoms with Gasteiger partial charge in [0.05, 0.1) is 0 Å². The summed E-state index contributed by atoms with van der Waals surface area (Å²) in [6.45, 7) is 8.68. The standard InChI is InChI=1S/C16H25N3O/c1-15(2)10-9-13(16(3,4)19-15)18-14(20)11-5-7-12(17)8-6-11/h5-8,13,19H,9-10,17H2,1-4H3,(H,18,20). The van der Waals surface area contributed by atoms with Crippen LogP contribution >= 0.6 is 0 Å². The molecule has 0 saturated carbocycles. The van der Waals surface area contributed by atoms with Crippen molar-refractivity contribution in [1.29, 1.82) is 0 Å². The fourth-order valence-corrected chi connectivity index (χ4v) is 3.02. The van der Waals surface area contributed by atoms with Crippen molar-refractivity contribution >= 4 is 11.6 Å². The minimum absolute atomic E-state index is 0.0374. The molecule has 0 aliphatic carbocycles. The molecule has 1 fully saturated rings. The Labute approximate surface area is 121 Å². The number of nitrogens with one attached hydrogen (secondary N) is 2. The van der Waals surface area contributed by atoms with E-state index in [0.717, 1.165) is 12.8 Å². The van der Waals surface area contributed by atoms with E-state index >= 15 is 0 Å². The summed E-state index contributed by atoms with van der Waals surface area (Å²) in [6.07, 6.45) is 2.02. The Balaban J connectivity index is 2.06. The van der Waals surface area contributed by atoms with Gasteiger partial charge in [-0.3, -0.25) is 4.79 Å². The summed E-state index contributed by atoms with van der Waals surface area (Å²) in [5.74, 6) is -0.0374. The maximum Gasteiger partial charge on any atom is 0.251 e. The molecule has 1 amide bonds. The first-order valence-electron chi connectivity index (χ1n) is 7.15. The fraction of sp³-hybridized carbons (Fsp3) is 0.562. The number of nitrogen functional groups attached to an aromatic ring is 1. The van der Waals surface area contributed by atoms with E-state index in [9.17, 15) is 4.79 Å². The number of nitrogens with two attached hydrogens (primary N) is 1. The first-order chi connectivity index (χ1) is 9.20. The fourth-order valence-electron chi connectivity index (χ4n) is 3.02. The van der Waals surface area contributed by atoms with Gasteiger partial charge in [0.1, 0.15) is 0 Å². The van der Waals surface area contributed by atoms with E-state index in [1.165, 1.54) is 0 Å². The second-order valence-electron chi connectivity index (χ2n) is 6.92. The average molecular weight is 275 g/mol. The van der Waals surface area contributed by atoms with Crippen LogP contribution in [-0.2, 0) is 0 Å². The molecule has 4 N–H and O–H groups in total. The van der Waals surface area contributed by atoms with E-state index in [4.69, 9.17) is 5.73 Å². The molecule has 1 aromatic carbocycles. The molecule has 4 nitrogen and oxygen atoms in total. The molecule has 1 atom stereocenters. The van der Waals surface area contributed by atoms with Gasteiger partial charge in [-0.05, 0) is 64.8 Å². The average Bonchev–Trinajstić information content (AvgIpc) is 2.32. The van der Waals surface area contributed by atoms with Crippen molar-refractivity contribution < 1.29 is 4.79 Å². The van der Waals surface area contributed by atoms with Gasteiger partial charge in [0.2, 0.25) is 0 Å². The van der Waals surface area contributed by atoms with E-state index in [1.807, 2.05) is 0 Å².